The van der Waals surface area contributed by atoms with E-state index in [2.05, 4.69) is 17.9 Å². The molecule has 2 aromatic carbocycles. The third-order valence-electron chi connectivity index (χ3n) is 10.1. The molecule has 1 saturated heterocycles. The van der Waals surface area contributed by atoms with Gasteiger partial charge in [0.1, 0.15) is 0 Å². The van der Waals surface area contributed by atoms with Crippen molar-refractivity contribution in [1.29, 1.82) is 0 Å². The normalized spacial score (nSPS) is 22.9. The van der Waals surface area contributed by atoms with Crippen molar-refractivity contribution in [3.63, 3.8) is 0 Å². The molecule has 0 spiro atoms. The van der Waals surface area contributed by atoms with Crippen molar-refractivity contribution in [1.82, 2.24) is 17.8 Å². The average Bonchev–Trinajstić information content (AvgIpc) is 3.03. The molecular formula is C35H55N5O4S2. The van der Waals surface area contributed by atoms with E-state index in [4.69, 9.17) is 0 Å². The SMILES string of the molecule is Cc1cccc2c1CCN(S(=O)(=O)N1CCCN(CC3CCCCC3)CCCN(S(=O)(=O)c3ccc(N(C)C)cc3)C[C@H](C)C1)C2. The van der Waals surface area contributed by atoms with Gasteiger partial charge < -0.3 is 9.80 Å². The first kappa shape index (κ1) is 35.3. The van der Waals surface area contributed by atoms with Crippen LogP contribution in [0.15, 0.2) is 47.4 Å². The highest BCUT2D eigenvalue weighted by molar-refractivity contribution is 7.89. The summed E-state index contributed by atoms with van der Waals surface area (Å²) in [6.07, 6.45) is 8.58. The van der Waals surface area contributed by atoms with Gasteiger partial charge in [-0.25, -0.2) is 8.42 Å². The lowest BCUT2D eigenvalue weighted by Gasteiger charge is -2.36. The van der Waals surface area contributed by atoms with E-state index in [0.29, 0.717) is 38.5 Å². The predicted octanol–water partition coefficient (Wildman–Crippen LogP) is 4.97. The molecule has 1 aliphatic carbocycles. The molecule has 1 saturated carbocycles. The van der Waals surface area contributed by atoms with Crippen LogP contribution < -0.4 is 4.90 Å². The van der Waals surface area contributed by atoms with Crippen LogP contribution in [0, 0.1) is 18.8 Å². The number of anilines is 1. The Morgan fingerprint density at radius 1 is 0.761 bits per heavy atom. The largest absolute Gasteiger partial charge is 0.378 e. The molecule has 2 heterocycles. The van der Waals surface area contributed by atoms with E-state index in [1.165, 1.54) is 43.2 Å². The quantitative estimate of drug-likeness (QED) is 0.413. The van der Waals surface area contributed by atoms with Crippen LogP contribution in [0.2, 0.25) is 0 Å². The summed E-state index contributed by atoms with van der Waals surface area (Å²) in [7, 11) is -3.64. The van der Waals surface area contributed by atoms with E-state index in [1.807, 2.05) is 50.2 Å². The number of nitrogens with zero attached hydrogens (tertiary/aromatic N) is 5. The summed E-state index contributed by atoms with van der Waals surface area (Å²) < 4.78 is 61.6. The van der Waals surface area contributed by atoms with Gasteiger partial charge in [0.15, 0.2) is 0 Å². The van der Waals surface area contributed by atoms with Crippen LogP contribution in [0.5, 0.6) is 0 Å². The van der Waals surface area contributed by atoms with Crippen LogP contribution in [0.3, 0.4) is 0 Å². The monoisotopic (exact) mass is 673 g/mol. The van der Waals surface area contributed by atoms with Crippen molar-refractivity contribution < 1.29 is 16.8 Å². The Kier molecular flexibility index (Phi) is 11.9. The van der Waals surface area contributed by atoms with E-state index < -0.39 is 20.2 Å². The van der Waals surface area contributed by atoms with Gasteiger partial charge in [-0.05, 0) is 105 Å². The second-order valence-corrected chi connectivity index (χ2v) is 17.9. The lowest BCUT2D eigenvalue weighted by Crippen LogP contribution is -2.49. The number of rotatable bonds is 7. The summed E-state index contributed by atoms with van der Waals surface area (Å²) in [5.74, 6) is 0.483. The Balaban J connectivity index is 1.39. The Labute approximate surface area is 278 Å². The number of sulfonamides is 1. The topological polar surface area (TPSA) is 84.5 Å². The molecule has 5 rings (SSSR count). The molecule has 2 aliphatic heterocycles. The number of hydrogen-bond donors (Lipinski definition) is 0. The molecule has 0 aromatic heterocycles. The molecule has 0 radical (unpaired) electrons. The molecule has 1 atom stereocenters. The Hall–Kier alpha value is -2.02. The maximum absolute atomic E-state index is 14.3. The number of aryl methyl sites for hydroxylation is 1. The first-order chi connectivity index (χ1) is 21.9. The summed E-state index contributed by atoms with van der Waals surface area (Å²) >= 11 is 0. The van der Waals surface area contributed by atoms with Crippen LogP contribution in [-0.2, 0) is 33.2 Å². The zero-order valence-corrected chi connectivity index (χ0v) is 30.0. The van der Waals surface area contributed by atoms with E-state index in [9.17, 15) is 16.8 Å². The van der Waals surface area contributed by atoms with Crippen molar-refractivity contribution >= 4 is 25.9 Å². The molecule has 256 valence electrons. The summed E-state index contributed by atoms with van der Waals surface area (Å²) in [5, 5.41) is 0. The van der Waals surface area contributed by atoms with E-state index >= 15 is 0 Å². The fraction of sp³-hybridized carbons (Fsp3) is 0.657. The maximum Gasteiger partial charge on any atom is 0.282 e. The van der Waals surface area contributed by atoms with Gasteiger partial charge >= 0.3 is 0 Å². The van der Waals surface area contributed by atoms with Crippen LogP contribution >= 0.6 is 0 Å². The molecule has 2 fully saturated rings. The second kappa shape index (κ2) is 15.5. The summed E-state index contributed by atoms with van der Waals surface area (Å²) in [4.78, 5) is 4.71. The van der Waals surface area contributed by atoms with Gasteiger partial charge in [-0.15, -0.1) is 0 Å². The molecular weight excluding hydrogens is 619 g/mol. The zero-order chi connectivity index (χ0) is 32.9. The Morgan fingerprint density at radius 2 is 1.41 bits per heavy atom. The first-order valence-corrected chi connectivity index (χ1v) is 20.1. The van der Waals surface area contributed by atoms with Gasteiger partial charge in [0, 0.05) is 65.6 Å². The second-order valence-electron chi connectivity index (χ2n) is 14.0. The van der Waals surface area contributed by atoms with Gasteiger partial charge in [-0.2, -0.15) is 21.3 Å². The van der Waals surface area contributed by atoms with E-state index in [1.54, 1.807) is 25.0 Å². The van der Waals surface area contributed by atoms with Crippen molar-refractivity contribution in [3.8, 4) is 0 Å². The first-order valence-electron chi connectivity index (χ1n) is 17.3. The summed E-state index contributed by atoms with van der Waals surface area (Å²) in [6, 6.07) is 13.2. The van der Waals surface area contributed by atoms with E-state index in [-0.39, 0.29) is 23.9 Å². The highest BCUT2D eigenvalue weighted by Crippen LogP contribution is 2.28. The standard InChI is InChI=1S/C35H55N5O4S2/c1-29-25-38(45(41,42)34-17-15-33(16-18-34)36(3)4)22-9-20-37(27-31-12-6-5-7-13-31)21-10-23-39(26-29)46(43,44)40-24-19-35-30(2)11-8-14-32(35)28-40/h8,11,14-18,29,31H,5-7,9-10,12-13,19-28H2,1-4H3/t29-/m0/s1. The minimum atomic E-state index is -3.76. The number of fused-ring (bicyclic) bond motifs is 1. The third kappa shape index (κ3) is 8.52. The predicted molar refractivity (Wildman–Crippen MR) is 187 cm³/mol. The summed E-state index contributed by atoms with van der Waals surface area (Å²) in [5.41, 5.74) is 4.49. The van der Waals surface area contributed by atoms with Crippen molar-refractivity contribution in [3.05, 3.63) is 59.2 Å². The van der Waals surface area contributed by atoms with Crippen molar-refractivity contribution in [2.24, 2.45) is 11.8 Å². The average molecular weight is 674 g/mol. The zero-order valence-electron chi connectivity index (χ0n) is 28.4. The number of benzene rings is 2. The smallest absolute Gasteiger partial charge is 0.282 e. The lowest BCUT2D eigenvalue weighted by atomic mass is 9.89. The molecule has 2 aromatic rings. The van der Waals surface area contributed by atoms with Gasteiger partial charge in [0.2, 0.25) is 10.0 Å². The van der Waals surface area contributed by atoms with Gasteiger partial charge in [-0.1, -0.05) is 44.4 Å². The molecule has 0 amide bonds. The van der Waals surface area contributed by atoms with Gasteiger partial charge in [0.05, 0.1) is 4.90 Å². The Morgan fingerprint density at radius 3 is 2.09 bits per heavy atom. The highest BCUT2D eigenvalue weighted by Gasteiger charge is 2.35. The minimum Gasteiger partial charge on any atom is -0.378 e. The fourth-order valence-electron chi connectivity index (χ4n) is 7.53. The van der Waals surface area contributed by atoms with E-state index in [0.717, 1.165) is 43.7 Å². The summed E-state index contributed by atoms with van der Waals surface area (Å²) in [6.45, 7) is 8.95. The number of hydrogen-bond acceptors (Lipinski definition) is 6. The molecule has 0 bridgehead atoms. The van der Waals surface area contributed by atoms with Crippen LogP contribution in [0.4, 0.5) is 5.69 Å². The molecule has 0 N–H and O–H groups in total. The minimum absolute atomic E-state index is 0.178. The molecule has 46 heavy (non-hydrogen) atoms. The van der Waals surface area contributed by atoms with Crippen LogP contribution in [0.1, 0.15) is 68.6 Å². The maximum atomic E-state index is 14.3. The molecule has 11 heteroatoms. The fourth-order valence-corrected chi connectivity index (χ4v) is 10.9. The third-order valence-corrected chi connectivity index (χ3v) is 14.0. The molecule has 9 nitrogen and oxygen atoms in total. The van der Waals surface area contributed by atoms with Crippen LogP contribution in [-0.4, -0.2) is 101 Å². The Bertz CT molecular complexity index is 1510. The van der Waals surface area contributed by atoms with Gasteiger partial charge in [-0.3, -0.25) is 0 Å². The van der Waals surface area contributed by atoms with Crippen molar-refractivity contribution in [2.75, 3.05) is 71.4 Å². The lowest BCUT2D eigenvalue weighted by molar-refractivity contribution is 0.179. The van der Waals surface area contributed by atoms with Crippen LogP contribution in [0.25, 0.3) is 0 Å². The molecule has 3 aliphatic rings. The molecule has 0 unspecified atom stereocenters. The highest BCUT2D eigenvalue weighted by atomic mass is 32.2. The van der Waals surface area contributed by atoms with Gasteiger partial charge in [0.25, 0.3) is 10.2 Å². The van der Waals surface area contributed by atoms with Crippen molar-refractivity contribution in [2.45, 2.75) is 76.7 Å².